The lowest BCUT2D eigenvalue weighted by atomic mass is 9.85. The van der Waals surface area contributed by atoms with E-state index in [2.05, 4.69) is 0 Å². The first-order valence-corrected chi connectivity index (χ1v) is 8.05. The average molecular weight is 346 g/mol. The maximum atomic E-state index is 12.9. The summed E-state index contributed by atoms with van der Waals surface area (Å²) >= 11 is 0. The molecular formula is C21H14O5. The van der Waals surface area contributed by atoms with E-state index >= 15 is 0 Å². The first-order chi connectivity index (χ1) is 12.4. The fourth-order valence-corrected chi connectivity index (χ4v) is 3.14. The molecule has 0 spiro atoms. The number of benzene rings is 2. The molecule has 1 aliphatic rings. The van der Waals surface area contributed by atoms with Crippen LogP contribution in [0.15, 0.2) is 46.9 Å². The number of hydrogen-bond acceptors (Lipinski definition) is 5. The zero-order chi connectivity index (χ0) is 18.6. The van der Waals surface area contributed by atoms with Gasteiger partial charge in [0.1, 0.15) is 5.75 Å². The maximum Gasteiger partial charge on any atom is 0.229 e. The number of hydrogen-bond donors (Lipinski definition) is 1. The molecule has 5 heteroatoms. The molecule has 0 atom stereocenters. The maximum absolute atomic E-state index is 12.9. The van der Waals surface area contributed by atoms with E-state index in [1.54, 1.807) is 6.07 Å². The van der Waals surface area contributed by atoms with Crippen molar-refractivity contribution in [3.63, 3.8) is 0 Å². The number of carbonyl (C=O) groups excluding carboxylic acids is 3. The first-order valence-electron chi connectivity index (χ1n) is 8.05. The van der Waals surface area contributed by atoms with Crippen LogP contribution in [0.4, 0.5) is 0 Å². The van der Waals surface area contributed by atoms with Crippen molar-refractivity contribution in [3.8, 4) is 16.9 Å². The number of phenolic OH excluding ortho intramolecular Hbond substituents is 1. The summed E-state index contributed by atoms with van der Waals surface area (Å²) in [5, 5.41) is 10.7. The molecule has 1 N–H and O–H groups in total. The minimum absolute atomic E-state index is 0.00376. The van der Waals surface area contributed by atoms with Crippen LogP contribution in [0.2, 0.25) is 0 Å². The van der Waals surface area contributed by atoms with E-state index in [4.69, 9.17) is 4.42 Å². The molecule has 5 nitrogen and oxygen atoms in total. The van der Waals surface area contributed by atoms with Crippen LogP contribution in [0.5, 0.6) is 5.75 Å². The third kappa shape index (κ3) is 2.21. The van der Waals surface area contributed by atoms with Crippen molar-refractivity contribution in [2.24, 2.45) is 0 Å². The third-order valence-electron chi connectivity index (χ3n) is 4.54. The first kappa shape index (κ1) is 16.0. The molecule has 128 valence electrons. The Hall–Kier alpha value is -3.47. The monoisotopic (exact) mass is 346 g/mol. The summed E-state index contributed by atoms with van der Waals surface area (Å²) in [6.07, 6.45) is 0. The van der Waals surface area contributed by atoms with E-state index in [1.807, 2.05) is 31.2 Å². The second-order valence-electron chi connectivity index (χ2n) is 6.32. The lowest BCUT2D eigenvalue weighted by Crippen LogP contribution is -2.19. The molecule has 1 aliphatic carbocycles. The van der Waals surface area contributed by atoms with Gasteiger partial charge in [-0.1, -0.05) is 29.8 Å². The average Bonchev–Trinajstić information content (AvgIpc) is 3.07. The number of furan rings is 1. The molecule has 26 heavy (non-hydrogen) atoms. The van der Waals surface area contributed by atoms with Gasteiger partial charge in [-0.2, -0.15) is 0 Å². The highest BCUT2D eigenvalue weighted by atomic mass is 16.4. The van der Waals surface area contributed by atoms with E-state index in [1.165, 1.54) is 19.1 Å². The molecule has 4 rings (SSSR count). The quantitative estimate of drug-likeness (QED) is 0.556. The van der Waals surface area contributed by atoms with Gasteiger partial charge in [0.25, 0.3) is 0 Å². The number of carbonyl (C=O) groups is 3. The molecule has 0 saturated carbocycles. The summed E-state index contributed by atoms with van der Waals surface area (Å²) in [5.74, 6) is -1.89. The molecule has 0 fully saturated rings. The highest BCUT2D eigenvalue weighted by molar-refractivity contribution is 6.29. The van der Waals surface area contributed by atoms with Gasteiger partial charge in [0.15, 0.2) is 17.3 Å². The Balaban J connectivity index is 1.91. The van der Waals surface area contributed by atoms with E-state index in [9.17, 15) is 19.5 Å². The minimum atomic E-state index is -0.530. The van der Waals surface area contributed by atoms with Gasteiger partial charge < -0.3 is 9.52 Å². The third-order valence-corrected chi connectivity index (χ3v) is 4.54. The molecule has 2 aromatic carbocycles. The largest absolute Gasteiger partial charge is 0.507 e. The summed E-state index contributed by atoms with van der Waals surface area (Å²) in [4.78, 5) is 37.0. The normalized spacial score (nSPS) is 12.7. The van der Waals surface area contributed by atoms with Crippen molar-refractivity contribution in [2.75, 3.05) is 0 Å². The smallest absolute Gasteiger partial charge is 0.229 e. The second kappa shape index (κ2) is 5.52. The Morgan fingerprint density at radius 1 is 0.923 bits per heavy atom. The van der Waals surface area contributed by atoms with Crippen molar-refractivity contribution < 1.29 is 23.9 Å². The van der Waals surface area contributed by atoms with E-state index < -0.39 is 11.6 Å². The predicted octanol–water partition coefficient (Wildman–Crippen LogP) is 3.94. The van der Waals surface area contributed by atoms with Crippen LogP contribution in [0.25, 0.3) is 11.1 Å². The highest BCUT2D eigenvalue weighted by Gasteiger charge is 2.37. The molecule has 0 unspecified atom stereocenters. The number of Topliss-reactive ketones (excluding diaryl/α,β-unsaturated/α-hetero) is 1. The van der Waals surface area contributed by atoms with Gasteiger partial charge >= 0.3 is 0 Å². The van der Waals surface area contributed by atoms with Crippen LogP contribution in [0, 0.1) is 6.92 Å². The number of aromatic hydroxyl groups is 1. The number of aryl methyl sites for hydroxylation is 1. The summed E-state index contributed by atoms with van der Waals surface area (Å²) in [6, 6.07) is 11.8. The van der Waals surface area contributed by atoms with Gasteiger partial charge in [0, 0.05) is 18.1 Å². The molecule has 1 heterocycles. The van der Waals surface area contributed by atoms with Gasteiger partial charge in [0.05, 0.1) is 11.1 Å². The highest BCUT2D eigenvalue weighted by Crippen LogP contribution is 2.40. The molecule has 0 aliphatic heterocycles. The fraction of sp³-hybridized carbons (Fsp3) is 0.0952. The molecule has 1 aromatic heterocycles. The van der Waals surface area contributed by atoms with Gasteiger partial charge in [-0.15, -0.1) is 0 Å². The number of phenols is 1. The van der Waals surface area contributed by atoms with E-state index in [0.717, 1.165) is 11.1 Å². The van der Waals surface area contributed by atoms with Crippen LogP contribution in [-0.4, -0.2) is 22.5 Å². The SMILES string of the molecule is CC(=O)c1cc2c(o1)C(=O)c1ccc(-c3ccc(C)cc3)c(O)c1C2=O. The Bertz CT molecular complexity index is 1100. The van der Waals surface area contributed by atoms with Crippen molar-refractivity contribution in [2.45, 2.75) is 13.8 Å². The Labute approximate surface area is 148 Å². The van der Waals surface area contributed by atoms with Gasteiger partial charge in [-0.3, -0.25) is 14.4 Å². The Morgan fingerprint density at radius 3 is 2.23 bits per heavy atom. The van der Waals surface area contributed by atoms with Crippen molar-refractivity contribution in [1.29, 1.82) is 0 Å². The number of rotatable bonds is 2. The number of fused-ring (bicyclic) bond motifs is 2. The zero-order valence-electron chi connectivity index (χ0n) is 14.1. The fourth-order valence-electron chi connectivity index (χ4n) is 3.14. The summed E-state index contributed by atoms with van der Waals surface area (Å²) < 4.78 is 5.27. The van der Waals surface area contributed by atoms with Gasteiger partial charge in [-0.25, -0.2) is 0 Å². The van der Waals surface area contributed by atoms with E-state index in [-0.39, 0.29) is 39.7 Å². The molecule has 3 aromatic rings. The Kier molecular flexibility index (Phi) is 3.40. The van der Waals surface area contributed by atoms with Gasteiger partial charge in [0.2, 0.25) is 11.6 Å². The molecule has 0 amide bonds. The lowest BCUT2D eigenvalue weighted by Gasteiger charge is -2.17. The Morgan fingerprint density at radius 2 is 1.58 bits per heavy atom. The van der Waals surface area contributed by atoms with Crippen molar-refractivity contribution in [1.82, 2.24) is 0 Å². The van der Waals surface area contributed by atoms with Crippen LogP contribution >= 0.6 is 0 Å². The van der Waals surface area contributed by atoms with Crippen molar-refractivity contribution in [3.05, 3.63) is 76.2 Å². The van der Waals surface area contributed by atoms with Crippen molar-refractivity contribution >= 4 is 17.3 Å². The van der Waals surface area contributed by atoms with Crippen LogP contribution in [0.1, 0.15) is 55.1 Å². The van der Waals surface area contributed by atoms with Crippen LogP contribution in [-0.2, 0) is 0 Å². The zero-order valence-corrected chi connectivity index (χ0v) is 14.1. The summed E-state index contributed by atoms with van der Waals surface area (Å²) in [7, 11) is 0. The summed E-state index contributed by atoms with van der Waals surface area (Å²) in [6.45, 7) is 3.24. The lowest BCUT2D eigenvalue weighted by molar-refractivity contribution is 0.0945. The summed E-state index contributed by atoms with van der Waals surface area (Å²) in [5.41, 5.74) is 2.28. The molecule has 0 saturated heterocycles. The van der Waals surface area contributed by atoms with Gasteiger partial charge in [-0.05, 0) is 30.7 Å². The predicted molar refractivity (Wildman–Crippen MR) is 93.9 cm³/mol. The molecule has 0 radical (unpaired) electrons. The molecular weight excluding hydrogens is 332 g/mol. The standard InChI is InChI=1S/C21H14O5/c1-10-3-5-12(6-4-10)13-7-8-14-17(18(13)23)19(24)15-9-16(11(2)22)26-21(15)20(14)25/h3-9,23H,1-2H3. The molecule has 0 bridgehead atoms. The van der Waals surface area contributed by atoms with Crippen LogP contribution < -0.4 is 0 Å². The van der Waals surface area contributed by atoms with E-state index in [0.29, 0.717) is 5.56 Å². The van der Waals surface area contributed by atoms with Crippen LogP contribution in [0.3, 0.4) is 0 Å². The topological polar surface area (TPSA) is 84.6 Å². The second-order valence-corrected chi connectivity index (χ2v) is 6.32. The number of ketones is 3. The minimum Gasteiger partial charge on any atom is -0.507 e.